The number of hydrogen-bond donors (Lipinski definition) is 3. The smallest absolute Gasteiger partial charge is 0.271 e. The molecule has 1 aromatic heterocycles. The van der Waals surface area contributed by atoms with E-state index in [-0.39, 0.29) is 18.1 Å². The van der Waals surface area contributed by atoms with Gasteiger partial charge in [-0.25, -0.2) is 4.98 Å². The van der Waals surface area contributed by atoms with Crippen molar-refractivity contribution in [1.29, 1.82) is 0 Å². The molecule has 0 aliphatic carbocycles. The predicted octanol–water partition coefficient (Wildman–Crippen LogP) is 2.60. The summed E-state index contributed by atoms with van der Waals surface area (Å²) in [4.78, 5) is 29.9. The third-order valence-corrected chi connectivity index (χ3v) is 4.70. The minimum atomic E-state index is -0.411. The fourth-order valence-electron chi connectivity index (χ4n) is 1.87. The molecule has 2 aromatic rings. The van der Waals surface area contributed by atoms with Crippen LogP contribution in [0.5, 0.6) is 0 Å². The highest BCUT2D eigenvalue weighted by Gasteiger charge is 2.12. The molecule has 2 rings (SSSR count). The van der Waals surface area contributed by atoms with Crippen molar-refractivity contribution >= 4 is 57.2 Å². The monoisotopic (exact) mass is 415 g/mol. The maximum Gasteiger partial charge on any atom is 0.271 e. The van der Waals surface area contributed by atoms with Crippen molar-refractivity contribution in [3.8, 4) is 0 Å². The molecule has 7 nitrogen and oxygen atoms in total. The van der Waals surface area contributed by atoms with Gasteiger partial charge in [-0.3, -0.25) is 9.59 Å². The Hall–Kier alpha value is -1.87. The van der Waals surface area contributed by atoms with Crippen molar-refractivity contribution in [3.05, 3.63) is 39.3 Å². The third kappa shape index (κ3) is 6.45. The van der Waals surface area contributed by atoms with Gasteiger partial charge in [0.1, 0.15) is 5.69 Å². The van der Waals surface area contributed by atoms with Crippen LogP contribution in [0.4, 0.5) is 10.8 Å². The fraction of sp³-hybridized carbons (Fsp3) is 0.312. The van der Waals surface area contributed by atoms with Crippen LogP contribution in [-0.2, 0) is 4.79 Å². The molecular formula is C16H19Cl2N5O2S. The Morgan fingerprint density at radius 2 is 1.96 bits per heavy atom. The van der Waals surface area contributed by atoms with Crippen molar-refractivity contribution in [2.75, 3.05) is 39.0 Å². The molecule has 0 atom stereocenters. The summed E-state index contributed by atoms with van der Waals surface area (Å²) < 4.78 is 0. The SMILES string of the molecule is CN(C)CCNC(=O)CNC(=O)c1csc(Nc2ccc(Cl)c(Cl)c2)n1. The molecule has 1 aromatic carbocycles. The topological polar surface area (TPSA) is 86.4 Å². The van der Waals surface area contributed by atoms with Crippen LogP contribution in [-0.4, -0.2) is 55.4 Å². The number of nitrogens with one attached hydrogen (secondary N) is 3. The Balaban J connectivity index is 1.83. The number of anilines is 2. The van der Waals surface area contributed by atoms with E-state index < -0.39 is 5.91 Å². The second kappa shape index (κ2) is 9.72. The minimum Gasteiger partial charge on any atom is -0.353 e. The molecule has 0 aliphatic heterocycles. The summed E-state index contributed by atoms with van der Waals surface area (Å²) in [6.45, 7) is 1.16. The molecule has 0 saturated carbocycles. The molecule has 0 saturated heterocycles. The lowest BCUT2D eigenvalue weighted by atomic mass is 10.3. The molecular weight excluding hydrogens is 397 g/mol. The Labute approximate surface area is 165 Å². The van der Waals surface area contributed by atoms with Gasteiger partial charge in [0, 0.05) is 24.2 Å². The molecule has 2 amide bonds. The Bertz CT molecular complexity index is 782. The van der Waals surface area contributed by atoms with Crippen molar-refractivity contribution in [2.45, 2.75) is 0 Å². The van der Waals surface area contributed by atoms with E-state index in [4.69, 9.17) is 23.2 Å². The molecule has 1 heterocycles. The van der Waals surface area contributed by atoms with Crippen LogP contribution in [0.2, 0.25) is 10.0 Å². The van der Waals surface area contributed by atoms with E-state index in [2.05, 4.69) is 20.9 Å². The number of carbonyl (C=O) groups excluding carboxylic acids is 2. The van der Waals surface area contributed by atoms with E-state index in [1.807, 2.05) is 19.0 Å². The van der Waals surface area contributed by atoms with Crippen molar-refractivity contribution in [1.82, 2.24) is 20.5 Å². The fourth-order valence-corrected chi connectivity index (χ4v) is 2.87. The van der Waals surface area contributed by atoms with Crippen molar-refractivity contribution < 1.29 is 9.59 Å². The van der Waals surface area contributed by atoms with E-state index in [0.717, 1.165) is 6.54 Å². The summed E-state index contributed by atoms with van der Waals surface area (Å²) in [7, 11) is 3.83. The van der Waals surface area contributed by atoms with E-state index in [0.29, 0.717) is 27.4 Å². The largest absolute Gasteiger partial charge is 0.353 e. The van der Waals surface area contributed by atoms with Gasteiger partial charge < -0.3 is 20.9 Å². The number of benzene rings is 1. The number of halogens is 2. The van der Waals surface area contributed by atoms with Crippen LogP contribution in [0.15, 0.2) is 23.6 Å². The van der Waals surface area contributed by atoms with Crippen LogP contribution in [0.25, 0.3) is 0 Å². The number of carbonyl (C=O) groups is 2. The average molecular weight is 416 g/mol. The summed E-state index contributed by atoms with van der Waals surface area (Å²) in [5.41, 5.74) is 0.944. The molecule has 0 unspecified atom stereocenters. The Morgan fingerprint density at radius 3 is 2.65 bits per heavy atom. The predicted molar refractivity (Wildman–Crippen MR) is 106 cm³/mol. The van der Waals surface area contributed by atoms with Gasteiger partial charge in [0.2, 0.25) is 5.91 Å². The highest BCUT2D eigenvalue weighted by Crippen LogP contribution is 2.28. The second-order valence-corrected chi connectivity index (χ2v) is 7.30. The average Bonchev–Trinajstić information content (AvgIpc) is 3.04. The third-order valence-electron chi connectivity index (χ3n) is 3.20. The van der Waals surface area contributed by atoms with Gasteiger partial charge >= 0.3 is 0 Å². The van der Waals surface area contributed by atoms with Gasteiger partial charge in [-0.15, -0.1) is 11.3 Å². The Morgan fingerprint density at radius 1 is 1.19 bits per heavy atom. The van der Waals surface area contributed by atoms with Crippen LogP contribution in [0, 0.1) is 0 Å². The van der Waals surface area contributed by atoms with Gasteiger partial charge in [-0.2, -0.15) is 0 Å². The number of likely N-dealkylation sites (N-methyl/N-ethyl adjacent to an activating group) is 1. The quantitative estimate of drug-likeness (QED) is 0.616. The van der Waals surface area contributed by atoms with Gasteiger partial charge in [0.15, 0.2) is 5.13 Å². The first-order valence-electron chi connectivity index (χ1n) is 7.72. The number of nitrogens with zero attached hydrogens (tertiary/aromatic N) is 2. The van der Waals surface area contributed by atoms with Crippen LogP contribution in [0.3, 0.4) is 0 Å². The van der Waals surface area contributed by atoms with E-state index in [9.17, 15) is 9.59 Å². The lowest BCUT2D eigenvalue weighted by Gasteiger charge is -2.10. The summed E-state index contributed by atoms with van der Waals surface area (Å²) in [5.74, 6) is -0.657. The molecule has 0 bridgehead atoms. The van der Waals surface area contributed by atoms with Crippen molar-refractivity contribution in [2.24, 2.45) is 0 Å². The van der Waals surface area contributed by atoms with Gasteiger partial charge in [0.25, 0.3) is 5.91 Å². The normalized spacial score (nSPS) is 10.7. The highest BCUT2D eigenvalue weighted by atomic mass is 35.5. The van der Waals surface area contributed by atoms with Crippen LogP contribution in [0.1, 0.15) is 10.5 Å². The molecule has 0 spiro atoms. The first-order chi connectivity index (χ1) is 12.3. The molecule has 140 valence electrons. The zero-order valence-electron chi connectivity index (χ0n) is 14.3. The van der Waals surface area contributed by atoms with Crippen LogP contribution >= 0.6 is 34.5 Å². The number of aromatic nitrogens is 1. The molecule has 26 heavy (non-hydrogen) atoms. The lowest BCUT2D eigenvalue weighted by molar-refractivity contribution is -0.120. The highest BCUT2D eigenvalue weighted by molar-refractivity contribution is 7.14. The van der Waals surface area contributed by atoms with E-state index >= 15 is 0 Å². The Kier molecular flexibility index (Phi) is 7.65. The molecule has 0 fully saturated rings. The number of amides is 2. The maximum absolute atomic E-state index is 12.1. The summed E-state index contributed by atoms with van der Waals surface area (Å²) in [6, 6.07) is 5.10. The minimum absolute atomic E-state index is 0.0979. The van der Waals surface area contributed by atoms with E-state index in [1.165, 1.54) is 11.3 Å². The van der Waals surface area contributed by atoms with Crippen molar-refractivity contribution in [3.63, 3.8) is 0 Å². The zero-order chi connectivity index (χ0) is 19.1. The molecule has 0 aliphatic rings. The number of thiazole rings is 1. The van der Waals surface area contributed by atoms with Gasteiger partial charge in [0.05, 0.1) is 16.6 Å². The first kappa shape index (κ1) is 20.4. The molecule has 10 heteroatoms. The zero-order valence-corrected chi connectivity index (χ0v) is 16.6. The summed E-state index contributed by atoms with van der Waals surface area (Å²) >= 11 is 13.1. The lowest BCUT2D eigenvalue weighted by Crippen LogP contribution is -2.39. The first-order valence-corrected chi connectivity index (χ1v) is 9.36. The summed E-state index contributed by atoms with van der Waals surface area (Å²) in [5, 5.41) is 11.3. The standard InChI is InChI=1S/C16H19Cl2N5O2S/c1-23(2)6-5-19-14(24)8-20-15(25)13-9-26-16(22-13)21-10-3-4-11(17)12(18)7-10/h3-4,7,9H,5-6,8H2,1-2H3,(H,19,24)(H,20,25)(H,21,22). The van der Waals surface area contributed by atoms with Crippen LogP contribution < -0.4 is 16.0 Å². The molecule has 3 N–H and O–H groups in total. The summed E-state index contributed by atoms with van der Waals surface area (Å²) in [6.07, 6.45) is 0. The van der Waals surface area contributed by atoms with E-state index in [1.54, 1.807) is 23.6 Å². The maximum atomic E-state index is 12.1. The van der Waals surface area contributed by atoms with Gasteiger partial charge in [-0.05, 0) is 32.3 Å². The second-order valence-electron chi connectivity index (χ2n) is 5.63. The number of hydrogen-bond acceptors (Lipinski definition) is 6. The molecule has 0 radical (unpaired) electrons. The number of rotatable bonds is 8. The van der Waals surface area contributed by atoms with Gasteiger partial charge in [-0.1, -0.05) is 23.2 Å².